The lowest BCUT2D eigenvalue weighted by Crippen LogP contribution is -2.06. The first-order chi connectivity index (χ1) is 10.7. The van der Waals surface area contributed by atoms with Crippen LogP contribution in [0.15, 0.2) is 47.3 Å². The van der Waals surface area contributed by atoms with Gasteiger partial charge in [0, 0.05) is 16.3 Å². The summed E-state index contributed by atoms with van der Waals surface area (Å²) in [6.45, 7) is 0. The Morgan fingerprint density at radius 2 is 1.73 bits per heavy atom. The van der Waals surface area contributed by atoms with Crippen molar-refractivity contribution in [3.63, 3.8) is 0 Å². The minimum atomic E-state index is -0.458. The minimum absolute atomic E-state index is 0.105. The van der Waals surface area contributed by atoms with E-state index in [1.165, 1.54) is 7.11 Å². The van der Waals surface area contributed by atoms with Crippen molar-refractivity contribution in [1.82, 2.24) is 9.97 Å². The molecule has 5 nitrogen and oxygen atoms in total. The molecular formula is C17H12N2O3. The number of para-hydroxylation sites is 1. The number of rotatable bonds is 1. The van der Waals surface area contributed by atoms with E-state index < -0.39 is 5.97 Å². The minimum Gasteiger partial charge on any atom is -0.465 e. The molecule has 0 atom stereocenters. The Morgan fingerprint density at radius 3 is 2.50 bits per heavy atom. The highest BCUT2D eigenvalue weighted by Crippen LogP contribution is 2.23. The first-order valence-electron chi connectivity index (χ1n) is 6.84. The molecule has 0 saturated heterocycles. The lowest BCUT2D eigenvalue weighted by atomic mass is 10.1. The Kier molecular flexibility index (Phi) is 2.56. The summed E-state index contributed by atoms with van der Waals surface area (Å²) in [5, 5.41) is 1.94. The number of carbonyl (C=O) groups is 1. The molecular weight excluding hydrogens is 280 g/mol. The number of pyridine rings is 1. The molecule has 0 spiro atoms. The molecule has 0 aliphatic heterocycles. The van der Waals surface area contributed by atoms with E-state index in [4.69, 9.17) is 4.74 Å². The van der Waals surface area contributed by atoms with Gasteiger partial charge in [-0.25, -0.2) is 4.79 Å². The molecule has 2 aromatic heterocycles. The molecule has 0 radical (unpaired) electrons. The second kappa shape index (κ2) is 4.46. The predicted octanol–water partition coefficient (Wildman–Crippen LogP) is 2.95. The molecule has 2 aromatic carbocycles. The van der Waals surface area contributed by atoms with Gasteiger partial charge in [-0.15, -0.1) is 0 Å². The van der Waals surface area contributed by atoms with Crippen LogP contribution in [0.1, 0.15) is 10.4 Å². The van der Waals surface area contributed by atoms with E-state index in [0.29, 0.717) is 27.5 Å². The third kappa shape index (κ3) is 1.65. The maximum Gasteiger partial charge on any atom is 0.337 e. The Balaban J connectivity index is 2.16. The largest absolute Gasteiger partial charge is 0.465 e. The Labute approximate surface area is 124 Å². The molecule has 0 aliphatic rings. The van der Waals surface area contributed by atoms with Gasteiger partial charge >= 0.3 is 5.97 Å². The highest BCUT2D eigenvalue weighted by Gasteiger charge is 2.13. The quantitative estimate of drug-likeness (QED) is 0.530. The van der Waals surface area contributed by atoms with Crippen LogP contribution in [-0.2, 0) is 4.74 Å². The highest BCUT2D eigenvalue weighted by atomic mass is 16.5. The van der Waals surface area contributed by atoms with Crippen molar-refractivity contribution in [2.75, 3.05) is 7.11 Å². The van der Waals surface area contributed by atoms with E-state index >= 15 is 0 Å². The molecule has 5 heteroatoms. The van der Waals surface area contributed by atoms with Crippen LogP contribution in [0.4, 0.5) is 0 Å². The van der Waals surface area contributed by atoms with Gasteiger partial charge in [0.05, 0.1) is 23.6 Å². The van der Waals surface area contributed by atoms with Crippen molar-refractivity contribution in [3.05, 3.63) is 58.3 Å². The van der Waals surface area contributed by atoms with E-state index in [9.17, 15) is 9.59 Å². The molecule has 0 amide bonds. The molecule has 0 unspecified atom stereocenters. The van der Waals surface area contributed by atoms with Gasteiger partial charge in [0.15, 0.2) is 5.43 Å². The normalized spacial score (nSPS) is 11.3. The Hall–Kier alpha value is -3.08. The summed E-state index contributed by atoms with van der Waals surface area (Å²) >= 11 is 0. The zero-order chi connectivity index (χ0) is 15.3. The standard InChI is InChI=1S/C17H12N2O3/c1-22-17(21)9-6-7-13-11(8-9)15(20)14-10-4-2-3-5-12(10)18-16(14)19-13/h2-8H,1H3,(H2,18,19,20). The number of nitrogens with one attached hydrogen (secondary N) is 2. The van der Waals surface area contributed by atoms with Crippen LogP contribution in [0.2, 0.25) is 0 Å². The van der Waals surface area contributed by atoms with E-state index in [-0.39, 0.29) is 5.43 Å². The summed E-state index contributed by atoms with van der Waals surface area (Å²) in [4.78, 5) is 30.9. The predicted molar refractivity (Wildman–Crippen MR) is 85.3 cm³/mol. The first kappa shape index (κ1) is 12.6. The fourth-order valence-corrected chi connectivity index (χ4v) is 2.83. The van der Waals surface area contributed by atoms with Gasteiger partial charge < -0.3 is 14.7 Å². The average molecular weight is 292 g/mol. The van der Waals surface area contributed by atoms with E-state index in [1.54, 1.807) is 18.2 Å². The number of esters is 1. The van der Waals surface area contributed by atoms with Crippen LogP contribution in [0.5, 0.6) is 0 Å². The molecule has 4 rings (SSSR count). The smallest absolute Gasteiger partial charge is 0.337 e. The van der Waals surface area contributed by atoms with Gasteiger partial charge in [0.2, 0.25) is 0 Å². The first-order valence-corrected chi connectivity index (χ1v) is 6.84. The zero-order valence-corrected chi connectivity index (χ0v) is 11.8. The van der Waals surface area contributed by atoms with Gasteiger partial charge in [-0.1, -0.05) is 18.2 Å². The molecule has 0 fully saturated rings. The highest BCUT2D eigenvalue weighted by molar-refractivity contribution is 6.09. The number of hydrogen-bond acceptors (Lipinski definition) is 3. The number of carbonyl (C=O) groups excluding carboxylic acids is 1. The molecule has 0 saturated carbocycles. The number of aromatic nitrogens is 2. The summed E-state index contributed by atoms with van der Waals surface area (Å²) in [6.07, 6.45) is 0. The Bertz CT molecular complexity index is 1110. The summed E-state index contributed by atoms with van der Waals surface area (Å²) in [7, 11) is 1.32. The number of H-pyrrole nitrogens is 2. The van der Waals surface area contributed by atoms with Crippen LogP contribution >= 0.6 is 0 Å². The maximum atomic E-state index is 12.8. The van der Waals surface area contributed by atoms with Crippen LogP contribution < -0.4 is 5.43 Å². The van der Waals surface area contributed by atoms with Gasteiger partial charge in [-0.3, -0.25) is 4.79 Å². The van der Waals surface area contributed by atoms with Crippen LogP contribution in [-0.4, -0.2) is 23.0 Å². The van der Waals surface area contributed by atoms with E-state index in [2.05, 4.69) is 9.97 Å². The lowest BCUT2D eigenvalue weighted by molar-refractivity contribution is 0.0601. The second-order valence-corrected chi connectivity index (χ2v) is 5.13. The molecule has 4 aromatic rings. The molecule has 22 heavy (non-hydrogen) atoms. The lowest BCUT2D eigenvalue weighted by Gasteiger charge is -2.02. The van der Waals surface area contributed by atoms with E-state index in [1.807, 2.05) is 24.3 Å². The van der Waals surface area contributed by atoms with Crippen LogP contribution in [0.3, 0.4) is 0 Å². The zero-order valence-electron chi connectivity index (χ0n) is 11.8. The van der Waals surface area contributed by atoms with Crippen molar-refractivity contribution < 1.29 is 9.53 Å². The summed E-state index contributed by atoms with van der Waals surface area (Å²) < 4.78 is 4.71. The van der Waals surface area contributed by atoms with Crippen LogP contribution in [0, 0.1) is 0 Å². The topological polar surface area (TPSA) is 75.0 Å². The average Bonchev–Trinajstić information content (AvgIpc) is 2.92. The molecule has 0 bridgehead atoms. The fourth-order valence-electron chi connectivity index (χ4n) is 2.83. The third-order valence-corrected chi connectivity index (χ3v) is 3.88. The number of ether oxygens (including phenoxy) is 1. The molecule has 108 valence electrons. The summed E-state index contributed by atoms with van der Waals surface area (Å²) in [6, 6.07) is 12.6. The van der Waals surface area contributed by atoms with Crippen molar-refractivity contribution in [3.8, 4) is 0 Å². The van der Waals surface area contributed by atoms with Gasteiger partial charge in [0.1, 0.15) is 5.65 Å². The fraction of sp³-hybridized carbons (Fsp3) is 0.0588. The monoisotopic (exact) mass is 292 g/mol. The number of methoxy groups -OCH3 is 1. The Morgan fingerprint density at radius 1 is 1.00 bits per heavy atom. The van der Waals surface area contributed by atoms with E-state index in [0.717, 1.165) is 10.9 Å². The second-order valence-electron chi connectivity index (χ2n) is 5.13. The van der Waals surface area contributed by atoms with Crippen molar-refractivity contribution in [1.29, 1.82) is 0 Å². The SMILES string of the molecule is COC(=O)c1ccc2[nH]c3[nH]c4ccccc4c3c(=O)c2c1. The summed E-state index contributed by atoms with van der Waals surface area (Å²) in [5.74, 6) is -0.458. The van der Waals surface area contributed by atoms with Gasteiger partial charge in [-0.2, -0.15) is 0 Å². The van der Waals surface area contributed by atoms with Crippen molar-refractivity contribution in [2.45, 2.75) is 0 Å². The van der Waals surface area contributed by atoms with Crippen molar-refractivity contribution in [2.24, 2.45) is 0 Å². The third-order valence-electron chi connectivity index (χ3n) is 3.88. The van der Waals surface area contributed by atoms with Gasteiger partial charge in [-0.05, 0) is 24.3 Å². The summed E-state index contributed by atoms with van der Waals surface area (Å²) in [5.41, 5.74) is 2.52. The number of aromatic amines is 2. The van der Waals surface area contributed by atoms with Gasteiger partial charge in [0.25, 0.3) is 0 Å². The number of fused-ring (bicyclic) bond motifs is 4. The molecule has 2 N–H and O–H groups in total. The number of benzene rings is 2. The molecule has 0 aliphatic carbocycles. The number of hydrogen-bond donors (Lipinski definition) is 2. The molecule has 2 heterocycles. The maximum absolute atomic E-state index is 12.8. The van der Waals surface area contributed by atoms with Crippen molar-refractivity contribution >= 4 is 38.8 Å². The van der Waals surface area contributed by atoms with Crippen LogP contribution in [0.25, 0.3) is 32.8 Å².